The molecule has 0 N–H and O–H groups in total. The molecule has 0 fully saturated rings. The van der Waals surface area contributed by atoms with Gasteiger partial charge in [-0.3, -0.25) is 14.6 Å². The lowest BCUT2D eigenvalue weighted by Gasteiger charge is -2.29. The zero-order valence-corrected chi connectivity index (χ0v) is 28.0. The maximum absolute atomic E-state index is 13.9. The summed E-state index contributed by atoms with van der Waals surface area (Å²) in [6.45, 7) is 14.3. The molecule has 1 amide bonds. The highest BCUT2D eigenvalue weighted by Crippen LogP contribution is 2.30. The van der Waals surface area contributed by atoms with E-state index in [4.69, 9.17) is 0 Å². The smallest absolute Gasteiger partial charge is 0.335 e. The summed E-state index contributed by atoms with van der Waals surface area (Å²) in [7, 11) is 0. The van der Waals surface area contributed by atoms with E-state index >= 15 is 0 Å². The number of aromatic nitrogens is 1. The molecule has 3 aromatic rings. The average molecular weight is 672 g/mol. The predicted octanol–water partition coefficient (Wildman–Crippen LogP) is 7.64. The summed E-state index contributed by atoms with van der Waals surface area (Å²) in [5, 5.41) is 6.45. The van der Waals surface area contributed by atoms with Gasteiger partial charge >= 0.3 is 6.18 Å². The number of likely N-dealkylation sites (N-methyl/N-ethyl adjacent to an activating group) is 1. The fourth-order valence-electron chi connectivity index (χ4n) is 4.59. The van der Waals surface area contributed by atoms with Gasteiger partial charge in [0.25, 0.3) is 0 Å². The van der Waals surface area contributed by atoms with Gasteiger partial charge in [-0.1, -0.05) is 63.7 Å². The first-order chi connectivity index (χ1) is 22.3. The maximum Gasteiger partial charge on any atom is 0.417 e. The molecule has 1 heterocycles. The lowest BCUT2D eigenvalue weighted by atomic mass is 10.1. The molecule has 47 heavy (non-hydrogen) atoms. The van der Waals surface area contributed by atoms with Crippen LogP contribution in [-0.4, -0.2) is 69.9 Å². The molecule has 252 valence electrons. The third-order valence-electron chi connectivity index (χ3n) is 7.52. The van der Waals surface area contributed by atoms with Gasteiger partial charge in [-0.15, -0.1) is 11.8 Å². The van der Waals surface area contributed by atoms with Crippen LogP contribution in [-0.2, 0) is 28.1 Å². The minimum atomic E-state index is -4.46. The Morgan fingerprint density at radius 1 is 0.915 bits per heavy atom. The molecule has 0 aliphatic rings. The van der Waals surface area contributed by atoms with Gasteiger partial charge in [0.15, 0.2) is 5.78 Å². The first kappa shape index (κ1) is 37.4. The second-order valence-corrected chi connectivity index (χ2v) is 11.8. The van der Waals surface area contributed by atoms with Crippen LogP contribution in [0.3, 0.4) is 0 Å². The number of rotatable bonds is 17. The van der Waals surface area contributed by atoms with Crippen molar-refractivity contribution in [2.75, 3.05) is 32.7 Å². The Hall–Kier alpha value is -4.03. The number of thioether (sulfide) groups is 1. The molecule has 2 aromatic carbocycles. The summed E-state index contributed by atoms with van der Waals surface area (Å²) in [5.41, 5.74) is 2.24. The van der Waals surface area contributed by atoms with Gasteiger partial charge in [0.05, 0.1) is 16.3 Å². The number of Topliss-reactive ketones (excluding diaryl/α,β-unsaturated/α-hetero) is 1. The minimum absolute atomic E-state index is 0.155. The van der Waals surface area contributed by atoms with Crippen LogP contribution in [0.4, 0.5) is 17.6 Å². The van der Waals surface area contributed by atoms with Crippen molar-refractivity contribution in [2.24, 2.45) is 5.10 Å². The molecular weight excluding hydrogens is 630 g/mol. The number of amides is 1. The van der Waals surface area contributed by atoms with Gasteiger partial charge in [-0.2, -0.15) is 18.3 Å². The number of carbonyl (C=O) groups is 2. The quantitative estimate of drug-likeness (QED) is 0.0835. The zero-order chi connectivity index (χ0) is 34.6. The lowest BCUT2D eigenvalue weighted by Crippen LogP contribution is -2.42. The van der Waals surface area contributed by atoms with Crippen molar-refractivity contribution >= 4 is 29.2 Å². The number of hydrogen-bond donors (Lipinski definition) is 0. The summed E-state index contributed by atoms with van der Waals surface area (Å²) in [5.74, 6) is -0.300. The Morgan fingerprint density at radius 3 is 2.09 bits per heavy atom. The van der Waals surface area contributed by atoms with Crippen LogP contribution in [0.1, 0.15) is 50.8 Å². The van der Waals surface area contributed by atoms with E-state index in [1.54, 1.807) is 29.2 Å². The Bertz CT molecular complexity index is 1510. The van der Waals surface area contributed by atoms with E-state index in [0.717, 1.165) is 36.5 Å². The molecule has 1 aromatic heterocycles. The van der Waals surface area contributed by atoms with Gasteiger partial charge in [0, 0.05) is 44.1 Å². The molecule has 0 bridgehead atoms. The fraction of sp³-hybridized carbons (Fsp3) is 0.371. The molecule has 7 nitrogen and oxygen atoms in total. The number of carbonyl (C=O) groups excluding carboxylic acids is 2. The average Bonchev–Trinajstić information content (AvgIpc) is 3.05. The number of alkyl halides is 3. The summed E-state index contributed by atoms with van der Waals surface area (Å²) < 4.78 is 52.3. The molecule has 0 unspecified atom stereocenters. The Balaban J connectivity index is 1.82. The number of halogens is 4. The minimum Gasteiger partial charge on any atom is -0.335 e. The van der Waals surface area contributed by atoms with E-state index in [1.807, 2.05) is 19.1 Å². The maximum atomic E-state index is 13.9. The van der Waals surface area contributed by atoms with Gasteiger partial charge in [-0.25, -0.2) is 9.40 Å². The molecule has 12 heteroatoms. The molecular formula is C35H41F4N5O2S. The van der Waals surface area contributed by atoms with E-state index in [0.29, 0.717) is 47.3 Å². The highest BCUT2D eigenvalue weighted by molar-refractivity contribution is 8.02. The zero-order valence-electron chi connectivity index (χ0n) is 27.2. The second-order valence-electron chi connectivity index (χ2n) is 10.8. The monoisotopic (exact) mass is 671 g/mol. The number of ketones is 1. The summed E-state index contributed by atoms with van der Waals surface area (Å²) in [4.78, 5) is 34.1. The van der Waals surface area contributed by atoms with Crippen LogP contribution < -0.4 is 0 Å². The van der Waals surface area contributed by atoms with Crippen LogP contribution in [0.5, 0.6) is 0 Å². The summed E-state index contributed by atoms with van der Waals surface area (Å²) >= 11 is 1.34. The van der Waals surface area contributed by atoms with E-state index < -0.39 is 11.7 Å². The van der Waals surface area contributed by atoms with Crippen LogP contribution in [0.2, 0.25) is 0 Å². The number of hydrogen-bond acceptors (Lipinski definition) is 7. The third kappa shape index (κ3) is 11.6. The molecule has 0 radical (unpaired) electrons. The lowest BCUT2D eigenvalue weighted by molar-refractivity contribution is -0.137. The topological polar surface area (TPSA) is 69.1 Å². The van der Waals surface area contributed by atoms with Crippen molar-refractivity contribution in [3.63, 3.8) is 0 Å². The molecule has 0 aliphatic carbocycles. The first-order valence-corrected chi connectivity index (χ1v) is 16.4. The van der Waals surface area contributed by atoms with Gasteiger partial charge in [0.2, 0.25) is 5.91 Å². The van der Waals surface area contributed by atoms with Crippen molar-refractivity contribution in [1.29, 1.82) is 0 Å². The Kier molecular flexibility index (Phi) is 14.1. The molecule has 0 saturated carbocycles. The molecule has 0 spiro atoms. The van der Waals surface area contributed by atoms with Crippen molar-refractivity contribution in [1.82, 2.24) is 19.8 Å². The van der Waals surface area contributed by atoms with E-state index in [1.165, 1.54) is 41.9 Å². The van der Waals surface area contributed by atoms with Crippen LogP contribution in [0.15, 0.2) is 83.6 Å². The first-order valence-electron chi connectivity index (χ1n) is 15.4. The van der Waals surface area contributed by atoms with Crippen molar-refractivity contribution in [2.45, 2.75) is 52.6 Å². The van der Waals surface area contributed by atoms with Gasteiger partial charge in [0.1, 0.15) is 18.1 Å². The SMILES string of the molecule is C=C(SCc1ccc(F)cc1)N(CC(=O)N(CCN(CC)CC)Cc1ccc(-c2ccc(C(F)(F)F)cn2)cc1)/N=C(/CC)C(C)=O. The number of nitrogens with zero attached hydrogens (tertiary/aromatic N) is 5. The van der Waals surface area contributed by atoms with E-state index in [9.17, 15) is 27.2 Å². The normalized spacial score (nSPS) is 11.9. The van der Waals surface area contributed by atoms with Crippen LogP contribution in [0.25, 0.3) is 11.3 Å². The summed E-state index contributed by atoms with van der Waals surface area (Å²) in [6, 6.07) is 15.6. The largest absolute Gasteiger partial charge is 0.417 e. The predicted molar refractivity (Wildman–Crippen MR) is 180 cm³/mol. The van der Waals surface area contributed by atoms with Crippen LogP contribution >= 0.6 is 11.8 Å². The number of pyridine rings is 1. The van der Waals surface area contributed by atoms with E-state index in [2.05, 4.69) is 35.4 Å². The van der Waals surface area contributed by atoms with Crippen molar-refractivity contribution in [3.05, 3.63) is 101 Å². The highest BCUT2D eigenvalue weighted by Gasteiger charge is 2.30. The van der Waals surface area contributed by atoms with Gasteiger partial charge < -0.3 is 9.80 Å². The molecule has 0 atom stereocenters. The molecule has 3 rings (SSSR count). The highest BCUT2D eigenvalue weighted by atomic mass is 32.2. The number of benzene rings is 2. The molecule has 0 saturated heterocycles. The molecule has 0 aliphatic heterocycles. The van der Waals surface area contributed by atoms with Gasteiger partial charge in [-0.05, 0) is 54.9 Å². The summed E-state index contributed by atoms with van der Waals surface area (Å²) in [6.07, 6.45) is -3.27. The van der Waals surface area contributed by atoms with E-state index in [-0.39, 0.29) is 30.6 Å². The van der Waals surface area contributed by atoms with Crippen molar-refractivity contribution in [3.8, 4) is 11.3 Å². The second kappa shape index (κ2) is 17.8. The third-order valence-corrected chi connectivity index (χ3v) is 8.54. The standard InChI is InChI=1S/C35H41F4N5O2S/c1-6-32(25(4)45)41-44(26(5)47-24-28-11-16-31(36)17-12-28)23-34(46)43(20-19-42(7-2)8-3)22-27-9-13-29(14-10-27)33-18-15-30(21-40-33)35(37,38)39/h9-18,21H,5-8,19-20,22-24H2,1-4H3/b41-32-. The number of hydrazone groups is 1. The van der Waals surface area contributed by atoms with Crippen LogP contribution in [0, 0.1) is 5.82 Å². The van der Waals surface area contributed by atoms with Crippen molar-refractivity contribution < 1.29 is 27.2 Å². The fourth-order valence-corrected chi connectivity index (χ4v) is 5.37. The Labute approximate surface area is 278 Å². The Morgan fingerprint density at radius 2 is 1.55 bits per heavy atom.